The third kappa shape index (κ3) is 5.18. The van der Waals surface area contributed by atoms with E-state index < -0.39 is 6.10 Å². The first-order valence-electron chi connectivity index (χ1n) is 9.41. The second-order valence-corrected chi connectivity index (χ2v) is 7.16. The number of pyridine rings is 1. The van der Waals surface area contributed by atoms with Crippen LogP contribution in [0.4, 0.5) is 0 Å². The quantitative estimate of drug-likeness (QED) is 0.640. The number of rotatable bonds is 7. The van der Waals surface area contributed by atoms with Crippen molar-refractivity contribution in [3.63, 3.8) is 0 Å². The van der Waals surface area contributed by atoms with E-state index in [0.29, 0.717) is 13.0 Å². The lowest BCUT2D eigenvalue weighted by Crippen LogP contribution is -2.18. The van der Waals surface area contributed by atoms with Gasteiger partial charge in [0, 0.05) is 12.4 Å². The van der Waals surface area contributed by atoms with Gasteiger partial charge in [0.15, 0.2) is 0 Å². The molecule has 0 spiro atoms. The summed E-state index contributed by atoms with van der Waals surface area (Å²) in [5, 5.41) is 10.2. The molecule has 0 bridgehead atoms. The van der Waals surface area contributed by atoms with E-state index >= 15 is 0 Å². The molecule has 140 valence electrons. The minimum Gasteiger partial charge on any atom is -0.491 e. The monoisotopic (exact) mass is 361 g/mol. The molecular formula is C24H27NO2. The van der Waals surface area contributed by atoms with E-state index in [0.717, 1.165) is 17.7 Å². The minimum atomic E-state index is -0.496. The van der Waals surface area contributed by atoms with E-state index in [1.807, 2.05) is 30.5 Å². The van der Waals surface area contributed by atoms with Gasteiger partial charge in [0.2, 0.25) is 0 Å². The molecule has 0 aliphatic rings. The molecule has 1 atom stereocenters. The van der Waals surface area contributed by atoms with Gasteiger partial charge in [-0.05, 0) is 79.6 Å². The number of hydrogen-bond acceptors (Lipinski definition) is 3. The van der Waals surface area contributed by atoms with Crippen LogP contribution in [0.1, 0.15) is 28.7 Å². The Morgan fingerprint density at radius 1 is 0.963 bits per heavy atom. The first kappa shape index (κ1) is 19.1. The van der Waals surface area contributed by atoms with Crippen LogP contribution in [0.15, 0.2) is 60.9 Å². The zero-order valence-corrected chi connectivity index (χ0v) is 16.3. The van der Waals surface area contributed by atoms with Crippen LogP contribution in [0.3, 0.4) is 0 Å². The zero-order chi connectivity index (χ0) is 19.2. The predicted octanol–water partition coefficient (Wildman–Crippen LogP) is 5.05. The smallest absolute Gasteiger partial charge is 0.119 e. The Labute approximate surface area is 161 Å². The van der Waals surface area contributed by atoms with Crippen molar-refractivity contribution >= 4 is 0 Å². The number of aromatic nitrogens is 1. The molecule has 3 heteroatoms. The van der Waals surface area contributed by atoms with Crippen molar-refractivity contribution in [2.75, 3.05) is 6.61 Å². The van der Waals surface area contributed by atoms with Crippen LogP contribution in [0.2, 0.25) is 0 Å². The highest BCUT2D eigenvalue weighted by atomic mass is 16.5. The van der Waals surface area contributed by atoms with Gasteiger partial charge in [0.25, 0.3) is 0 Å². The summed E-state index contributed by atoms with van der Waals surface area (Å²) in [5.41, 5.74) is 7.32. The SMILES string of the molecule is Cc1ccc(-c2ccc(OC[C@H](O)CCc3cccnc3)cc2C)c(C)c1. The van der Waals surface area contributed by atoms with Crippen molar-refractivity contribution in [3.05, 3.63) is 83.2 Å². The average Bonchev–Trinajstić information content (AvgIpc) is 2.66. The van der Waals surface area contributed by atoms with Crippen molar-refractivity contribution in [2.24, 2.45) is 0 Å². The Hall–Kier alpha value is -2.65. The van der Waals surface area contributed by atoms with Gasteiger partial charge in [-0.25, -0.2) is 0 Å². The molecule has 0 saturated heterocycles. The molecule has 1 N–H and O–H groups in total. The second kappa shape index (κ2) is 8.83. The number of aliphatic hydroxyl groups excluding tert-OH is 1. The van der Waals surface area contributed by atoms with Crippen molar-refractivity contribution in [3.8, 4) is 16.9 Å². The van der Waals surface area contributed by atoms with Crippen molar-refractivity contribution in [2.45, 2.75) is 39.7 Å². The summed E-state index contributed by atoms with van der Waals surface area (Å²) in [6, 6.07) is 16.6. The zero-order valence-electron chi connectivity index (χ0n) is 16.3. The fourth-order valence-electron chi connectivity index (χ4n) is 3.30. The van der Waals surface area contributed by atoms with Gasteiger partial charge in [0.05, 0.1) is 6.10 Å². The Morgan fingerprint density at radius 2 is 1.70 bits per heavy atom. The number of ether oxygens (including phenoxy) is 1. The number of aryl methyl sites for hydroxylation is 4. The fourth-order valence-corrected chi connectivity index (χ4v) is 3.30. The minimum absolute atomic E-state index is 0.294. The normalized spacial score (nSPS) is 12.0. The predicted molar refractivity (Wildman–Crippen MR) is 110 cm³/mol. The van der Waals surface area contributed by atoms with Crippen LogP contribution in [0.25, 0.3) is 11.1 Å². The van der Waals surface area contributed by atoms with E-state index in [2.05, 4.69) is 50.0 Å². The molecule has 3 nitrogen and oxygen atoms in total. The summed E-state index contributed by atoms with van der Waals surface area (Å²) >= 11 is 0. The Morgan fingerprint density at radius 3 is 2.37 bits per heavy atom. The lowest BCUT2D eigenvalue weighted by Gasteiger charge is -2.15. The molecule has 0 fully saturated rings. The molecule has 0 aliphatic carbocycles. The second-order valence-electron chi connectivity index (χ2n) is 7.16. The first-order valence-corrected chi connectivity index (χ1v) is 9.41. The molecule has 2 aromatic carbocycles. The number of benzene rings is 2. The van der Waals surface area contributed by atoms with E-state index in [9.17, 15) is 5.11 Å². The topological polar surface area (TPSA) is 42.4 Å². The maximum atomic E-state index is 10.2. The highest BCUT2D eigenvalue weighted by Gasteiger charge is 2.09. The summed E-state index contributed by atoms with van der Waals surface area (Å²) in [4.78, 5) is 4.10. The molecule has 0 amide bonds. The highest BCUT2D eigenvalue weighted by molar-refractivity contribution is 5.71. The van der Waals surface area contributed by atoms with E-state index in [4.69, 9.17) is 4.74 Å². The number of aliphatic hydroxyl groups is 1. The van der Waals surface area contributed by atoms with Crippen LogP contribution in [0.5, 0.6) is 5.75 Å². The third-order valence-corrected chi connectivity index (χ3v) is 4.80. The van der Waals surface area contributed by atoms with Gasteiger partial charge >= 0.3 is 0 Å². The van der Waals surface area contributed by atoms with Crippen molar-refractivity contribution in [1.29, 1.82) is 0 Å². The molecule has 0 radical (unpaired) electrons. The summed E-state index contributed by atoms with van der Waals surface area (Å²) in [6.07, 6.45) is 4.55. The van der Waals surface area contributed by atoms with Gasteiger partial charge in [-0.3, -0.25) is 4.98 Å². The van der Waals surface area contributed by atoms with E-state index in [-0.39, 0.29) is 0 Å². The molecule has 27 heavy (non-hydrogen) atoms. The molecule has 3 aromatic rings. The number of hydrogen-bond donors (Lipinski definition) is 1. The molecule has 3 rings (SSSR count). The Kier molecular flexibility index (Phi) is 6.25. The van der Waals surface area contributed by atoms with Gasteiger partial charge in [-0.1, -0.05) is 35.9 Å². The molecular weight excluding hydrogens is 334 g/mol. The standard InChI is InChI=1S/C24H27NO2/c1-17-6-10-23(18(2)13-17)24-11-9-22(14-19(24)3)27-16-21(26)8-7-20-5-4-12-25-15-20/h4-6,9-15,21,26H,7-8,16H2,1-3H3/t21-/m1/s1. The summed E-state index contributed by atoms with van der Waals surface area (Å²) in [7, 11) is 0. The summed E-state index contributed by atoms with van der Waals surface area (Å²) in [6.45, 7) is 6.65. The Balaban J connectivity index is 1.59. The van der Waals surface area contributed by atoms with Crippen LogP contribution in [0, 0.1) is 20.8 Å². The average molecular weight is 361 g/mol. The van der Waals surface area contributed by atoms with Gasteiger partial charge in [-0.2, -0.15) is 0 Å². The Bertz CT molecular complexity index is 890. The maximum Gasteiger partial charge on any atom is 0.119 e. The molecule has 0 unspecified atom stereocenters. The van der Waals surface area contributed by atoms with Crippen LogP contribution >= 0.6 is 0 Å². The van der Waals surface area contributed by atoms with Gasteiger partial charge < -0.3 is 9.84 Å². The maximum absolute atomic E-state index is 10.2. The summed E-state index contributed by atoms with van der Waals surface area (Å²) in [5.74, 6) is 0.793. The summed E-state index contributed by atoms with van der Waals surface area (Å²) < 4.78 is 5.81. The van der Waals surface area contributed by atoms with E-state index in [1.54, 1.807) is 6.20 Å². The van der Waals surface area contributed by atoms with Gasteiger partial charge in [-0.15, -0.1) is 0 Å². The van der Waals surface area contributed by atoms with E-state index in [1.165, 1.54) is 27.8 Å². The van der Waals surface area contributed by atoms with Crippen molar-refractivity contribution < 1.29 is 9.84 Å². The molecule has 0 aliphatic heterocycles. The molecule has 0 saturated carbocycles. The lowest BCUT2D eigenvalue weighted by molar-refractivity contribution is 0.100. The first-order chi connectivity index (χ1) is 13.0. The highest BCUT2D eigenvalue weighted by Crippen LogP contribution is 2.30. The fraction of sp³-hybridized carbons (Fsp3) is 0.292. The lowest BCUT2D eigenvalue weighted by atomic mass is 9.95. The molecule has 1 aromatic heterocycles. The van der Waals surface area contributed by atoms with Crippen LogP contribution < -0.4 is 4.74 Å². The van der Waals surface area contributed by atoms with Crippen LogP contribution in [-0.2, 0) is 6.42 Å². The van der Waals surface area contributed by atoms with Crippen molar-refractivity contribution in [1.82, 2.24) is 4.98 Å². The number of nitrogens with zero attached hydrogens (tertiary/aromatic N) is 1. The third-order valence-electron chi connectivity index (χ3n) is 4.80. The van der Waals surface area contributed by atoms with Crippen LogP contribution in [-0.4, -0.2) is 22.8 Å². The molecule has 1 heterocycles. The van der Waals surface area contributed by atoms with Gasteiger partial charge in [0.1, 0.15) is 12.4 Å². The largest absolute Gasteiger partial charge is 0.491 e.